The third kappa shape index (κ3) is 4.79. The van der Waals surface area contributed by atoms with Crippen LogP contribution >= 0.6 is 0 Å². The number of ether oxygens (including phenoxy) is 1. The monoisotopic (exact) mass is 357 g/mol. The third-order valence-corrected chi connectivity index (χ3v) is 3.77. The van der Waals surface area contributed by atoms with Crippen LogP contribution in [0.5, 0.6) is 11.5 Å². The van der Waals surface area contributed by atoms with Crippen molar-refractivity contribution >= 4 is 17.8 Å². The molecule has 26 heavy (non-hydrogen) atoms. The molecule has 0 saturated heterocycles. The summed E-state index contributed by atoms with van der Waals surface area (Å²) >= 11 is 0. The topological polar surface area (TPSA) is 114 Å². The Balaban J connectivity index is 1.96. The number of nitrogens with one attached hydrogen (secondary N) is 1. The van der Waals surface area contributed by atoms with E-state index in [4.69, 9.17) is 4.74 Å². The van der Waals surface area contributed by atoms with Gasteiger partial charge in [-0.2, -0.15) is 5.10 Å². The van der Waals surface area contributed by atoms with Gasteiger partial charge in [0, 0.05) is 17.7 Å². The molecule has 8 heteroatoms. The minimum atomic E-state index is -0.570. The molecule has 136 valence electrons. The molecule has 0 atom stereocenters. The lowest BCUT2D eigenvalue weighted by molar-refractivity contribution is -0.384. The van der Waals surface area contributed by atoms with Gasteiger partial charge in [-0.25, -0.2) is 5.43 Å². The van der Waals surface area contributed by atoms with Crippen LogP contribution in [0, 0.1) is 30.9 Å². The van der Waals surface area contributed by atoms with Gasteiger partial charge in [0.25, 0.3) is 11.6 Å². The number of aryl methyl sites for hydroxylation is 3. The lowest BCUT2D eigenvalue weighted by Crippen LogP contribution is -2.24. The van der Waals surface area contributed by atoms with Crippen molar-refractivity contribution in [3.8, 4) is 11.5 Å². The molecule has 2 rings (SSSR count). The highest BCUT2D eigenvalue weighted by Crippen LogP contribution is 2.26. The second-order valence-corrected chi connectivity index (χ2v) is 5.79. The molecule has 0 aliphatic carbocycles. The van der Waals surface area contributed by atoms with E-state index in [0.29, 0.717) is 11.3 Å². The summed E-state index contributed by atoms with van der Waals surface area (Å²) in [4.78, 5) is 22.1. The molecule has 2 aromatic rings. The molecule has 1 amide bonds. The minimum Gasteiger partial charge on any atom is -0.507 e. The first kappa shape index (κ1) is 18.9. The van der Waals surface area contributed by atoms with Crippen LogP contribution in [-0.4, -0.2) is 28.8 Å². The number of benzene rings is 2. The molecular weight excluding hydrogens is 338 g/mol. The SMILES string of the molecule is Cc1ccc(OCC(=O)N/N=C/c2cc([N+](=O)[O-])cc(C)c2O)cc1C. The molecule has 2 aromatic carbocycles. The quantitative estimate of drug-likeness (QED) is 0.469. The summed E-state index contributed by atoms with van der Waals surface area (Å²) in [5.74, 6) is -0.0692. The highest BCUT2D eigenvalue weighted by Gasteiger charge is 2.12. The van der Waals surface area contributed by atoms with Crippen molar-refractivity contribution in [3.05, 3.63) is 62.7 Å². The number of hydrazone groups is 1. The number of hydrogen-bond acceptors (Lipinski definition) is 6. The van der Waals surface area contributed by atoms with Crippen molar-refractivity contribution in [2.75, 3.05) is 6.61 Å². The molecule has 0 unspecified atom stereocenters. The maximum atomic E-state index is 11.8. The van der Waals surface area contributed by atoms with Crippen LogP contribution in [0.1, 0.15) is 22.3 Å². The van der Waals surface area contributed by atoms with E-state index in [1.807, 2.05) is 26.0 Å². The molecule has 0 radical (unpaired) electrons. The second kappa shape index (κ2) is 8.11. The lowest BCUT2D eigenvalue weighted by Gasteiger charge is -2.07. The molecule has 0 heterocycles. The highest BCUT2D eigenvalue weighted by molar-refractivity contribution is 5.87. The second-order valence-electron chi connectivity index (χ2n) is 5.79. The summed E-state index contributed by atoms with van der Waals surface area (Å²) in [6, 6.07) is 7.92. The van der Waals surface area contributed by atoms with Gasteiger partial charge in [-0.1, -0.05) is 6.07 Å². The Labute approximate surface area is 150 Å². The summed E-state index contributed by atoms with van der Waals surface area (Å²) in [6.45, 7) is 5.22. The summed E-state index contributed by atoms with van der Waals surface area (Å²) in [7, 11) is 0. The standard InChI is InChI=1S/C18H19N3O5/c1-11-4-5-16(7-12(11)2)26-10-17(22)20-19-9-14-8-15(21(24)25)6-13(3)18(14)23/h4-9,23H,10H2,1-3H3,(H,20,22)/b19-9+. The molecule has 0 aliphatic rings. The van der Waals surface area contributed by atoms with Crippen LogP contribution in [0.4, 0.5) is 5.69 Å². The number of amides is 1. The number of carbonyl (C=O) groups excluding carboxylic acids is 1. The van der Waals surface area contributed by atoms with E-state index in [0.717, 1.165) is 17.3 Å². The molecule has 0 aromatic heterocycles. The number of rotatable bonds is 6. The van der Waals surface area contributed by atoms with Crippen molar-refractivity contribution < 1.29 is 19.6 Å². The first-order valence-corrected chi connectivity index (χ1v) is 7.78. The Morgan fingerprint density at radius 1 is 1.23 bits per heavy atom. The third-order valence-electron chi connectivity index (χ3n) is 3.77. The number of phenolic OH excluding ortho intramolecular Hbond substituents is 1. The number of nitro benzene ring substituents is 1. The smallest absolute Gasteiger partial charge is 0.277 e. The Morgan fingerprint density at radius 3 is 2.62 bits per heavy atom. The molecule has 0 fully saturated rings. The number of nitrogens with zero attached hydrogens (tertiary/aromatic N) is 2. The molecule has 0 aliphatic heterocycles. The average Bonchev–Trinajstić information content (AvgIpc) is 2.59. The molecule has 0 spiro atoms. The Bertz CT molecular complexity index is 877. The van der Waals surface area contributed by atoms with Crippen LogP contribution < -0.4 is 10.2 Å². The van der Waals surface area contributed by atoms with Gasteiger partial charge >= 0.3 is 0 Å². The molecule has 0 bridgehead atoms. The zero-order chi connectivity index (χ0) is 19.3. The summed E-state index contributed by atoms with van der Waals surface area (Å²) in [5.41, 5.74) is 4.72. The number of phenols is 1. The normalized spacial score (nSPS) is 10.7. The maximum Gasteiger partial charge on any atom is 0.277 e. The van der Waals surface area contributed by atoms with Gasteiger partial charge in [0.05, 0.1) is 11.1 Å². The Hall–Kier alpha value is -3.42. The first-order chi connectivity index (χ1) is 12.3. The van der Waals surface area contributed by atoms with E-state index in [-0.39, 0.29) is 23.6 Å². The predicted octanol–water partition coefficient (Wildman–Crippen LogP) is 2.75. The molecule has 8 nitrogen and oxygen atoms in total. The summed E-state index contributed by atoms with van der Waals surface area (Å²) < 4.78 is 5.38. The highest BCUT2D eigenvalue weighted by atomic mass is 16.6. The summed E-state index contributed by atoms with van der Waals surface area (Å²) in [5, 5.41) is 24.5. The van der Waals surface area contributed by atoms with Crippen LogP contribution in [0.15, 0.2) is 35.4 Å². The van der Waals surface area contributed by atoms with Crippen molar-refractivity contribution in [2.24, 2.45) is 5.10 Å². The van der Waals surface area contributed by atoms with E-state index < -0.39 is 10.8 Å². The van der Waals surface area contributed by atoms with Crippen LogP contribution in [-0.2, 0) is 4.79 Å². The fraction of sp³-hybridized carbons (Fsp3) is 0.222. The van der Waals surface area contributed by atoms with Gasteiger partial charge in [-0.05, 0) is 49.6 Å². The van der Waals surface area contributed by atoms with E-state index in [1.165, 1.54) is 19.1 Å². The van der Waals surface area contributed by atoms with Gasteiger partial charge in [0.2, 0.25) is 0 Å². The fourth-order valence-corrected chi connectivity index (χ4v) is 2.15. The number of non-ortho nitro benzene ring substituents is 1. The van der Waals surface area contributed by atoms with Gasteiger partial charge in [0.15, 0.2) is 6.61 Å². The van der Waals surface area contributed by atoms with Crippen LogP contribution in [0.2, 0.25) is 0 Å². The number of nitro groups is 1. The average molecular weight is 357 g/mol. The van der Waals surface area contributed by atoms with Crippen molar-refractivity contribution in [3.63, 3.8) is 0 Å². The molecule has 2 N–H and O–H groups in total. The number of carbonyl (C=O) groups is 1. The van der Waals surface area contributed by atoms with Crippen molar-refractivity contribution in [2.45, 2.75) is 20.8 Å². The van der Waals surface area contributed by atoms with Gasteiger partial charge in [0.1, 0.15) is 11.5 Å². The largest absolute Gasteiger partial charge is 0.507 e. The maximum absolute atomic E-state index is 11.8. The molecule has 0 saturated carbocycles. The predicted molar refractivity (Wildman–Crippen MR) is 96.6 cm³/mol. The van der Waals surface area contributed by atoms with Crippen molar-refractivity contribution in [1.29, 1.82) is 0 Å². The van der Waals surface area contributed by atoms with Gasteiger partial charge in [-0.3, -0.25) is 14.9 Å². The van der Waals surface area contributed by atoms with Gasteiger partial charge < -0.3 is 9.84 Å². The van der Waals surface area contributed by atoms with E-state index in [1.54, 1.807) is 6.07 Å². The fourth-order valence-electron chi connectivity index (χ4n) is 2.15. The number of hydrogen-bond donors (Lipinski definition) is 2. The lowest BCUT2D eigenvalue weighted by atomic mass is 10.1. The first-order valence-electron chi connectivity index (χ1n) is 7.78. The number of aromatic hydroxyl groups is 1. The Kier molecular flexibility index (Phi) is 5.90. The van der Waals surface area contributed by atoms with Crippen LogP contribution in [0.3, 0.4) is 0 Å². The Morgan fingerprint density at radius 2 is 1.96 bits per heavy atom. The van der Waals surface area contributed by atoms with E-state index in [9.17, 15) is 20.0 Å². The molecular formula is C18H19N3O5. The zero-order valence-corrected chi connectivity index (χ0v) is 14.6. The minimum absolute atomic E-state index is 0.132. The van der Waals surface area contributed by atoms with Crippen molar-refractivity contribution in [1.82, 2.24) is 5.43 Å². The van der Waals surface area contributed by atoms with Crippen LogP contribution in [0.25, 0.3) is 0 Å². The van der Waals surface area contributed by atoms with Gasteiger partial charge in [-0.15, -0.1) is 0 Å². The van der Waals surface area contributed by atoms with E-state index in [2.05, 4.69) is 10.5 Å². The van der Waals surface area contributed by atoms with E-state index >= 15 is 0 Å². The summed E-state index contributed by atoms with van der Waals surface area (Å²) in [6.07, 6.45) is 1.14. The zero-order valence-electron chi connectivity index (χ0n) is 14.6.